The summed E-state index contributed by atoms with van der Waals surface area (Å²) in [5.74, 6) is -0.625. The summed E-state index contributed by atoms with van der Waals surface area (Å²) in [6.07, 6.45) is 0. The van der Waals surface area contributed by atoms with Crippen molar-refractivity contribution in [2.45, 2.75) is 13.8 Å². The number of phenolic OH excluding ortho intramolecular Hbond substituents is 2. The van der Waals surface area contributed by atoms with Gasteiger partial charge in [-0.1, -0.05) is 29.8 Å². The van der Waals surface area contributed by atoms with E-state index in [1.54, 1.807) is 13.0 Å². The molecule has 0 atom stereocenters. The van der Waals surface area contributed by atoms with Crippen molar-refractivity contribution in [2.75, 3.05) is 7.05 Å². The monoisotopic (exact) mass is 271 g/mol. The summed E-state index contributed by atoms with van der Waals surface area (Å²) < 4.78 is 0. The van der Waals surface area contributed by atoms with Crippen molar-refractivity contribution in [1.29, 1.82) is 0 Å². The van der Waals surface area contributed by atoms with E-state index < -0.39 is 0 Å². The van der Waals surface area contributed by atoms with Gasteiger partial charge in [0, 0.05) is 7.05 Å². The Bertz CT molecular complexity index is 678. The van der Waals surface area contributed by atoms with Crippen molar-refractivity contribution < 1.29 is 15.0 Å². The van der Waals surface area contributed by atoms with Crippen molar-refractivity contribution in [1.82, 2.24) is 5.32 Å². The van der Waals surface area contributed by atoms with Gasteiger partial charge in [-0.3, -0.25) is 4.79 Å². The summed E-state index contributed by atoms with van der Waals surface area (Å²) in [4.78, 5) is 11.9. The second-order valence-electron chi connectivity index (χ2n) is 4.76. The summed E-state index contributed by atoms with van der Waals surface area (Å²) in [6, 6.07) is 8.87. The van der Waals surface area contributed by atoms with Gasteiger partial charge in [-0.25, -0.2) is 0 Å². The highest BCUT2D eigenvalue weighted by Gasteiger charge is 2.21. The Labute approximate surface area is 117 Å². The molecule has 4 heteroatoms. The number of carbonyl (C=O) groups is 1. The Hall–Kier alpha value is -2.49. The molecule has 3 N–H and O–H groups in total. The summed E-state index contributed by atoms with van der Waals surface area (Å²) in [6.45, 7) is 3.59. The molecule has 0 aromatic heterocycles. The molecule has 4 nitrogen and oxygen atoms in total. The minimum atomic E-state index is -0.381. The Morgan fingerprint density at radius 1 is 1.15 bits per heavy atom. The van der Waals surface area contributed by atoms with Crippen LogP contribution in [-0.2, 0) is 0 Å². The minimum absolute atomic E-state index is 0.0433. The third-order valence-corrected chi connectivity index (χ3v) is 3.24. The van der Waals surface area contributed by atoms with Crippen LogP contribution in [0.3, 0.4) is 0 Å². The maximum Gasteiger partial charge on any atom is 0.255 e. The Kier molecular flexibility index (Phi) is 3.66. The standard InChI is InChI=1S/C16H17NO3/c1-9-5-4-6-11(7-9)14-12(18)8-10(2)13(15(14)19)16(20)17-3/h4-8,18-19H,1-3H3,(H,17,20). The lowest BCUT2D eigenvalue weighted by atomic mass is 9.95. The van der Waals surface area contributed by atoms with Crippen LogP contribution in [0.5, 0.6) is 11.5 Å². The average Bonchev–Trinajstić information content (AvgIpc) is 2.37. The molecular weight excluding hydrogens is 254 g/mol. The SMILES string of the molecule is CNC(=O)c1c(C)cc(O)c(-c2cccc(C)c2)c1O. The van der Waals surface area contributed by atoms with Crippen LogP contribution in [0.4, 0.5) is 0 Å². The molecule has 0 aliphatic heterocycles. The molecule has 0 unspecified atom stereocenters. The van der Waals surface area contributed by atoms with Gasteiger partial charge in [-0.2, -0.15) is 0 Å². The van der Waals surface area contributed by atoms with Gasteiger partial charge in [0.25, 0.3) is 5.91 Å². The molecule has 0 saturated heterocycles. The number of aromatic hydroxyl groups is 2. The second-order valence-corrected chi connectivity index (χ2v) is 4.76. The first kappa shape index (κ1) is 13.9. The van der Waals surface area contributed by atoms with Crippen molar-refractivity contribution >= 4 is 5.91 Å². The summed E-state index contributed by atoms with van der Waals surface area (Å²) in [5.41, 5.74) is 2.66. The van der Waals surface area contributed by atoms with Crippen molar-refractivity contribution in [2.24, 2.45) is 0 Å². The number of hydrogen-bond donors (Lipinski definition) is 3. The Morgan fingerprint density at radius 2 is 1.85 bits per heavy atom. The van der Waals surface area contributed by atoms with E-state index in [0.29, 0.717) is 11.1 Å². The number of aryl methyl sites for hydroxylation is 2. The maximum absolute atomic E-state index is 11.9. The normalized spacial score (nSPS) is 10.3. The fourth-order valence-electron chi connectivity index (χ4n) is 2.28. The summed E-state index contributed by atoms with van der Waals surface area (Å²) in [7, 11) is 1.50. The molecule has 0 aliphatic carbocycles. The van der Waals surface area contributed by atoms with Crippen LogP contribution in [0, 0.1) is 13.8 Å². The summed E-state index contributed by atoms with van der Waals surface area (Å²) in [5, 5.41) is 23.0. The zero-order chi connectivity index (χ0) is 14.9. The van der Waals surface area contributed by atoms with Crippen LogP contribution in [0.15, 0.2) is 30.3 Å². The molecule has 0 radical (unpaired) electrons. The van der Waals surface area contributed by atoms with E-state index in [1.807, 2.05) is 25.1 Å². The van der Waals surface area contributed by atoms with Crippen LogP contribution in [0.2, 0.25) is 0 Å². The summed E-state index contributed by atoms with van der Waals surface area (Å²) >= 11 is 0. The predicted octanol–water partition coefficient (Wildman–Crippen LogP) is 2.74. The van der Waals surface area contributed by atoms with Gasteiger partial charge in [0.15, 0.2) is 0 Å². The highest BCUT2D eigenvalue weighted by molar-refractivity contribution is 6.01. The zero-order valence-electron chi connectivity index (χ0n) is 11.7. The molecular formula is C16H17NO3. The largest absolute Gasteiger partial charge is 0.507 e. The predicted molar refractivity (Wildman–Crippen MR) is 78.1 cm³/mol. The maximum atomic E-state index is 11.9. The van der Waals surface area contributed by atoms with Gasteiger partial charge in [0.2, 0.25) is 0 Å². The van der Waals surface area contributed by atoms with Crippen LogP contribution in [0.1, 0.15) is 21.5 Å². The molecule has 0 bridgehead atoms. The van der Waals surface area contributed by atoms with E-state index in [-0.39, 0.29) is 28.5 Å². The van der Waals surface area contributed by atoms with Crippen LogP contribution < -0.4 is 5.32 Å². The van der Waals surface area contributed by atoms with Crippen LogP contribution in [-0.4, -0.2) is 23.2 Å². The number of amides is 1. The lowest BCUT2D eigenvalue weighted by Crippen LogP contribution is -2.19. The van der Waals surface area contributed by atoms with E-state index in [9.17, 15) is 15.0 Å². The van der Waals surface area contributed by atoms with Crippen molar-refractivity contribution in [3.05, 3.63) is 47.0 Å². The lowest BCUT2D eigenvalue weighted by Gasteiger charge is -2.14. The van der Waals surface area contributed by atoms with Crippen LogP contribution in [0.25, 0.3) is 11.1 Å². The molecule has 1 amide bonds. The number of benzene rings is 2. The average molecular weight is 271 g/mol. The Balaban J connectivity index is 2.74. The van der Waals surface area contributed by atoms with Gasteiger partial charge in [0.05, 0.1) is 11.1 Å². The molecule has 0 aliphatic rings. The van der Waals surface area contributed by atoms with Gasteiger partial charge in [-0.05, 0) is 31.0 Å². The molecule has 20 heavy (non-hydrogen) atoms. The molecule has 0 saturated carbocycles. The molecule has 0 heterocycles. The van der Waals surface area contributed by atoms with E-state index >= 15 is 0 Å². The number of nitrogens with one attached hydrogen (secondary N) is 1. The minimum Gasteiger partial charge on any atom is -0.507 e. The molecule has 2 rings (SSSR count). The molecule has 0 fully saturated rings. The van der Waals surface area contributed by atoms with Gasteiger partial charge < -0.3 is 15.5 Å². The number of phenols is 2. The van der Waals surface area contributed by atoms with Crippen molar-refractivity contribution in [3.8, 4) is 22.6 Å². The van der Waals surface area contributed by atoms with E-state index in [4.69, 9.17) is 0 Å². The van der Waals surface area contributed by atoms with Crippen LogP contribution >= 0.6 is 0 Å². The second kappa shape index (κ2) is 5.25. The third kappa shape index (κ3) is 2.32. The number of carbonyl (C=O) groups excluding carboxylic acids is 1. The third-order valence-electron chi connectivity index (χ3n) is 3.24. The van der Waals surface area contributed by atoms with Gasteiger partial charge in [-0.15, -0.1) is 0 Å². The smallest absolute Gasteiger partial charge is 0.255 e. The molecule has 0 spiro atoms. The highest BCUT2D eigenvalue weighted by atomic mass is 16.3. The fourth-order valence-corrected chi connectivity index (χ4v) is 2.28. The molecule has 2 aromatic carbocycles. The first-order chi connectivity index (χ1) is 9.45. The van der Waals surface area contributed by atoms with Gasteiger partial charge in [0.1, 0.15) is 11.5 Å². The zero-order valence-corrected chi connectivity index (χ0v) is 11.7. The number of rotatable bonds is 2. The van der Waals surface area contributed by atoms with Gasteiger partial charge >= 0.3 is 0 Å². The first-order valence-electron chi connectivity index (χ1n) is 6.30. The van der Waals surface area contributed by atoms with E-state index in [1.165, 1.54) is 13.1 Å². The topological polar surface area (TPSA) is 69.6 Å². The molecule has 2 aromatic rings. The molecule has 104 valence electrons. The highest BCUT2D eigenvalue weighted by Crippen LogP contribution is 2.41. The fraction of sp³-hybridized carbons (Fsp3) is 0.188. The number of hydrogen-bond acceptors (Lipinski definition) is 3. The van der Waals surface area contributed by atoms with Crippen molar-refractivity contribution in [3.63, 3.8) is 0 Å². The lowest BCUT2D eigenvalue weighted by molar-refractivity contribution is 0.0960. The quantitative estimate of drug-likeness (QED) is 0.786. The first-order valence-corrected chi connectivity index (χ1v) is 6.30. The van der Waals surface area contributed by atoms with E-state index in [2.05, 4.69) is 5.32 Å². The Morgan fingerprint density at radius 3 is 2.45 bits per heavy atom. The van der Waals surface area contributed by atoms with E-state index in [0.717, 1.165) is 5.56 Å².